The quantitative estimate of drug-likeness (QED) is 0.660. The number of likely N-dealkylation sites (tertiary alicyclic amines) is 1. The summed E-state index contributed by atoms with van der Waals surface area (Å²) in [4.78, 5) is 25.9. The van der Waals surface area contributed by atoms with E-state index in [2.05, 4.69) is 10.2 Å². The minimum Gasteiger partial charge on any atom is -0.488 e. The summed E-state index contributed by atoms with van der Waals surface area (Å²) in [5.74, 6) is -0.281. The highest BCUT2D eigenvalue weighted by molar-refractivity contribution is 5.92. The molecule has 0 saturated carbocycles. The molecular formula is C19H27N3O5. The number of ether oxygens (including phenoxy) is 2. The lowest BCUT2D eigenvalue weighted by molar-refractivity contribution is -0.147. The Morgan fingerprint density at radius 2 is 1.96 bits per heavy atom. The molecule has 2 atom stereocenters. The van der Waals surface area contributed by atoms with E-state index in [1.54, 1.807) is 24.3 Å². The number of carbonyl (C=O) groups is 2. The van der Waals surface area contributed by atoms with Crippen molar-refractivity contribution in [3.8, 4) is 5.75 Å². The zero-order valence-corrected chi connectivity index (χ0v) is 15.5. The molecule has 0 aromatic heterocycles. The summed E-state index contributed by atoms with van der Waals surface area (Å²) in [7, 11) is 1.97. The number of rotatable bonds is 5. The lowest BCUT2D eigenvalue weighted by Crippen LogP contribution is -2.59. The van der Waals surface area contributed by atoms with Crippen LogP contribution in [0.3, 0.4) is 0 Å². The lowest BCUT2D eigenvalue weighted by Gasteiger charge is -2.38. The Hall–Kier alpha value is -2.16. The lowest BCUT2D eigenvalue weighted by atomic mass is 9.90. The minimum absolute atomic E-state index is 0.281. The predicted molar refractivity (Wildman–Crippen MR) is 98.4 cm³/mol. The van der Waals surface area contributed by atoms with Crippen LogP contribution >= 0.6 is 0 Å². The second-order valence-electron chi connectivity index (χ2n) is 7.32. The van der Waals surface area contributed by atoms with E-state index >= 15 is 0 Å². The summed E-state index contributed by atoms with van der Waals surface area (Å²) >= 11 is 0. The van der Waals surface area contributed by atoms with Gasteiger partial charge in [-0.3, -0.25) is 9.59 Å². The van der Waals surface area contributed by atoms with Crippen LogP contribution in [-0.4, -0.2) is 72.9 Å². The van der Waals surface area contributed by atoms with E-state index < -0.39 is 11.5 Å². The molecule has 2 saturated heterocycles. The minimum atomic E-state index is -1.35. The second kappa shape index (κ2) is 8.24. The van der Waals surface area contributed by atoms with Gasteiger partial charge in [0.1, 0.15) is 17.5 Å². The highest BCUT2D eigenvalue weighted by atomic mass is 16.5. The third-order valence-electron chi connectivity index (χ3n) is 5.27. The highest BCUT2D eigenvalue weighted by Crippen LogP contribution is 2.24. The number of piperidine rings is 1. The van der Waals surface area contributed by atoms with Gasteiger partial charge in [-0.15, -0.1) is 0 Å². The normalized spacial score (nSPS) is 25.6. The van der Waals surface area contributed by atoms with Gasteiger partial charge in [0.25, 0.3) is 5.91 Å². The van der Waals surface area contributed by atoms with Crippen molar-refractivity contribution in [3.63, 3.8) is 0 Å². The molecule has 2 aliphatic rings. The molecule has 2 aliphatic heterocycles. The summed E-state index contributed by atoms with van der Waals surface area (Å²) in [6.45, 7) is 2.21. The molecule has 0 unspecified atom stereocenters. The van der Waals surface area contributed by atoms with Crippen molar-refractivity contribution >= 4 is 11.8 Å². The third-order valence-corrected chi connectivity index (χ3v) is 5.27. The zero-order chi connectivity index (χ0) is 19.4. The number of carbonyl (C=O) groups excluding carboxylic acids is 2. The molecule has 2 amide bonds. The Morgan fingerprint density at radius 3 is 2.59 bits per heavy atom. The van der Waals surface area contributed by atoms with Crippen LogP contribution in [0.25, 0.3) is 0 Å². The maximum Gasteiger partial charge on any atom is 0.252 e. The van der Waals surface area contributed by atoms with Crippen LogP contribution in [0.5, 0.6) is 5.75 Å². The van der Waals surface area contributed by atoms with Gasteiger partial charge in [0.05, 0.1) is 19.3 Å². The molecular weight excluding hydrogens is 350 g/mol. The zero-order valence-electron chi connectivity index (χ0n) is 15.5. The van der Waals surface area contributed by atoms with Gasteiger partial charge in [-0.05, 0) is 44.2 Å². The number of hydrogen-bond donors (Lipinski definition) is 3. The molecule has 2 fully saturated rings. The van der Waals surface area contributed by atoms with E-state index in [0.29, 0.717) is 56.9 Å². The first-order valence-corrected chi connectivity index (χ1v) is 9.23. The molecule has 1 aromatic rings. The molecule has 4 N–H and O–H groups in total. The summed E-state index contributed by atoms with van der Waals surface area (Å²) in [6.07, 6.45) is 1.15. The van der Waals surface area contributed by atoms with Crippen molar-refractivity contribution in [3.05, 3.63) is 29.8 Å². The van der Waals surface area contributed by atoms with Crippen LogP contribution in [0, 0.1) is 0 Å². The van der Waals surface area contributed by atoms with Crippen LogP contribution < -0.4 is 15.8 Å². The van der Waals surface area contributed by atoms with Crippen LogP contribution in [0.2, 0.25) is 0 Å². The standard InChI is InChI=1S/C19H27N3O5/c1-22-9-7-19(25,8-10-22)18(24)21-15-12-26-11-6-16(15)27-14-4-2-13(3-5-14)17(20)23/h2-5,15-16,25H,6-12H2,1H3,(H2,20,23)(H,21,24)/t15-,16-/m1/s1. The largest absolute Gasteiger partial charge is 0.488 e. The number of aliphatic hydroxyl groups is 1. The Balaban J connectivity index is 1.63. The molecule has 0 aliphatic carbocycles. The van der Waals surface area contributed by atoms with Crippen molar-refractivity contribution in [1.82, 2.24) is 10.2 Å². The maximum atomic E-state index is 12.7. The number of nitrogens with one attached hydrogen (secondary N) is 1. The van der Waals surface area contributed by atoms with Crippen LogP contribution in [0.4, 0.5) is 0 Å². The molecule has 8 heteroatoms. The molecule has 1 aromatic carbocycles. The summed E-state index contributed by atoms with van der Waals surface area (Å²) < 4.78 is 11.5. The fourth-order valence-corrected chi connectivity index (χ4v) is 3.38. The van der Waals surface area contributed by atoms with Crippen molar-refractivity contribution in [2.45, 2.75) is 37.0 Å². The number of benzene rings is 1. The van der Waals surface area contributed by atoms with Crippen molar-refractivity contribution in [2.75, 3.05) is 33.4 Å². The number of hydrogen-bond acceptors (Lipinski definition) is 6. The van der Waals surface area contributed by atoms with Crippen molar-refractivity contribution < 1.29 is 24.2 Å². The van der Waals surface area contributed by atoms with Crippen LogP contribution in [0.1, 0.15) is 29.6 Å². The molecule has 0 spiro atoms. The summed E-state index contributed by atoms with van der Waals surface area (Å²) in [5.41, 5.74) is 4.30. The van der Waals surface area contributed by atoms with E-state index in [1.807, 2.05) is 7.05 Å². The Kier molecular flexibility index (Phi) is 5.98. The first-order chi connectivity index (χ1) is 12.9. The highest BCUT2D eigenvalue weighted by Gasteiger charge is 2.41. The number of nitrogens with two attached hydrogens (primary N) is 1. The molecule has 148 valence electrons. The Morgan fingerprint density at radius 1 is 1.30 bits per heavy atom. The summed E-state index contributed by atoms with van der Waals surface area (Å²) in [5, 5.41) is 13.6. The number of nitrogens with zero attached hydrogens (tertiary/aromatic N) is 1. The number of amides is 2. The van der Waals surface area contributed by atoms with E-state index in [0.717, 1.165) is 0 Å². The fourth-order valence-electron chi connectivity index (χ4n) is 3.38. The van der Waals surface area contributed by atoms with Gasteiger partial charge in [-0.2, -0.15) is 0 Å². The molecule has 8 nitrogen and oxygen atoms in total. The second-order valence-corrected chi connectivity index (χ2v) is 7.32. The van der Waals surface area contributed by atoms with Crippen molar-refractivity contribution in [1.29, 1.82) is 0 Å². The van der Waals surface area contributed by atoms with Gasteiger partial charge in [-0.25, -0.2) is 0 Å². The fraction of sp³-hybridized carbons (Fsp3) is 0.579. The van der Waals surface area contributed by atoms with E-state index in [1.165, 1.54) is 0 Å². The SMILES string of the molecule is CN1CCC(O)(C(=O)N[C@@H]2COCC[C@H]2Oc2ccc(C(N)=O)cc2)CC1. The van der Waals surface area contributed by atoms with E-state index in [-0.39, 0.29) is 18.1 Å². The number of primary amides is 1. The molecule has 3 rings (SSSR count). The predicted octanol–water partition coefficient (Wildman–Crippen LogP) is -0.105. The van der Waals surface area contributed by atoms with Gasteiger partial charge in [0.15, 0.2) is 0 Å². The Labute approximate surface area is 158 Å². The van der Waals surface area contributed by atoms with Crippen LogP contribution in [-0.2, 0) is 9.53 Å². The average Bonchev–Trinajstić information content (AvgIpc) is 2.66. The Bertz CT molecular complexity index is 670. The van der Waals surface area contributed by atoms with Gasteiger partial charge < -0.3 is 30.5 Å². The van der Waals surface area contributed by atoms with E-state index in [4.69, 9.17) is 15.2 Å². The van der Waals surface area contributed by atoms with E-state index in [9.17, 15) is 14.7 Å². The smallest absolute Gasteiger partial charge is 0.252 e. The van der Waals surface area contributed by atoms with Gasteiger partial charge >= 0.3 is 0 Å². The molecule has 0 radical (unpaired) electrons. The van der Waals surface area contributed by atoms with Crippen LogP contribution in [0.15, 0.2) is 24.3 Å². The molecule has 2 heterocycles. The summed E-state index contributed by atoms with van der Waals surface area (Å²) in [6, 6.07) is 6.21. The average molecular weight is 377 g/mol. The topological polar surface area (TPSA) is 114 Å². The van der Waals surface area contributed by atoms with Gasteiger partial charge in [0, 0.05) is 25.1 Å². The third kappa shape index (κ3) is 4.77. The van der Waals surface area contributed by atoms with Gasteiger partial charge in [-0.1, -0.05) is 0 Å². The van der Waals surface area contributed by atoms with Gasteiger partial charge in [0.2, 0.25) is 5.91 Å². The first-order valence-electron chi connectivity index (χ1n) is 9.23. The van der Waals surface area contributed by atoms with Crippen molar-refractivity contribution in [2.24, 2.45) is 5.73 Å². The molecule has 0 bridgehead atoms. The monoisotopic (exact) mass is 377 g/mol. The molecule has 27 heavy (non-hydrogen) atoms. The first kappa shape index (κ1) is 19.6. The maximum absolute atomic E-state index is 12.7.